The number of carbonyl (C=O) groups is 2. The fourth-order valence-electron chi connectivity index (χ4n) is 2.52. The molecule has 15 heteroatoms. The molecule has 1 atom stereocenters. The lowest BCUT2D eigenvalue weighted by Gasteiger charge is -2.12. The Labute approximate surface area is 219 Å². The Kier molecular flexibility index (Phi) is 25.0. The van der Waals surface area contributed by atoms with E-state index in [2.05, 4.69) is 15.2 Å². The van der Waals surface area contributed by atoms with Crippen LogP contribution >= 0.6 is 6.72 Å². The molecule has 5 N–H and O–H groups in total. The Morgan fingerprint density at radius 3 is 1.75 bits per heavy atom. The van der Waals surface area contributed by atoms with E-state index in [1.165, 1.54) is 7.11 Å². The lowest BCUT2D eigenvalue weighted by molar-refractivity contribution is -0.122. The summed E-state index contributed by atoms with van der Waals surface area (Å²) >= 11 is 4.74. The maximum atomic E-state index is 11.8. The van der Waals surface area contributed by atoms with Crippen LogP contribution in [-0.2, 0) is 49.3 Å². The number of nitrogens with two attached hydrogens (primary N) is 1. The van der Waals surface area contributed by atoms with Crippen molar-refractivity contribution >= 4 is 30.5 Å². The molecule has 0 aliphatic rings. The molecule has 0 aliphatic heterocycles. The van der Waals surface area contributed by atoms with Crippen molar-refractivity contribution in [1.82, 2.24) is 10.6 Å². The van der Waals surface area contributed by atoms with Gasteiger partial charge in [0.05, 0.1) is 72.7 Å². The number of hydrogen-bond acceptors (Lipinski definition) is 10. The maximum absolute atomic E-state index is 11.8. The van der Waals surface area contributed by atoms with E-state index in [4.69, 9.17) is 45.7 Å². The highest BCUT2D eigenvalue weighted by Crippen LogP contribution is 2.42. The number of carbonyl (C=O) groups excluding carboxylic acids is 2. The Hall–Kier alpha value is -0.930. The minimum atomic E-state index is -3.05. The van der Waals surface area contributed by atoms with Crippen molar-refractivity contribution in [1.29, 1.82) is 0 Å². The van der Waals surface area contributed by atoms with E-state index in [1.54, 1.807) is 0 Å². The predicted octanol–water partition coefficient (Wildman–Crippen LogP) is 0.684. The van der Waals surface area contributed by atoms with Crippen LogP contribution in [0.15, 0.2) is 0 Å². The third-order valence-corrected chi connectivity index (χ3v) is 6.12. The summed E-state index contributed by atoms with van der Waals surface area (Å²) in [6, 6.07) is -0.569. The summed E-state index contributed by atoms with van der Waals surface area (Å²) in [7, 11) is 1.33. The van der Waals surface area contributed by atoms with E-state index in [9.17, 15) is 14.5 Å². The molecule has 0 heterocycles. The van der Waals surface area contributed by atoms with E-state index in [-0.39, 0.29) is 5.91 Å². The van der Waals surface area contributed by atoms with Crippen LogP contribution in [0.25, 0.3) is 0 Å². The zero-order chi connectivity index (χ0) is 26.7. The molecule has 0 saturated heterocycles. The molecule has 0 spiro atoms. The van der Waals surface area contributed by atoms with Crippen molar-refractivity contribution in [2.75, 3.05) is 92.9 Å². The molecule has 0 saturated carbocycles. The first kappa shape index (κ1) is 35.1. The molecule has 36 heavy (non-hydrogen) atoms. The van der Waals surface area contributed by atoms with Gasteiger partial charge in [0.1, 0.15) is 0 Å². The Morgan fingerprint density at radius 1 is 0.722 bits per heavy atom. The second kappa shape index (κ2) is 25.7. The van der Waals surface area contributed by atoms with Gasteiger partial charge in [-0.15, -0.1) is 0 Å². The zero-order valence-electron chi connectivity index (χ0n) is 21.3. The molecule has 0 rings (SSSR count). The summed E-state index contributed by atoms with van der Waals surface area (Å²) in [5, 5.41) is 5.28. The van der Waals surface area contributed by atoms with Crippen LogP contribution in [0.5, 0.6) is 0 Å². The van der Waals surface area contributed by atoms with Crippen LogP contribution in [0.2, 0.25) is 0 Å². The van der Waals surface area contributed by atoms with Gasteiger partial charge in [-0.25, -0.2) is 4.79 Å². The average molecular weight is 562 g/mol. The van der Waals surface area contributed by atoms with Crippen LogP contribution in [0.4, 0.5) is 4.79 Å². The Balaban J connectivity index is 3.21. The first-order valence-electron chi connectivity index (χ1n) is 12.1. The molecular weight excluding hydrogens is 517 g/mol. The molecule has 0 aromatic rings. The predicted molar refractivity (Wildman–Crippen MR) is 137 cm³/mol. The number of amides is 3. The number of rotatable bonds is 27. The molecule has 0 radical (unpaired) electrons. The fourth-order valence-corrected chi connectivity index (χ4v) is 3.21. The molecule has 13 nitrogen and oxygen atoms in total. The molecule has 0 fully saturated rings. The summed E-state index contributed by atoms with van der Waals surface area (Å²) in [6.07, 6.45) is 3.84. The van der Waals surface area contributed by atoms with Gasteiger partial charge >= 0.3 is 12.7 Å². The number of hydrogen-bond donors (Lipinski definition) is 4. The van der Waals surface area contributed by atoms with Crippen LogP contribution < -0.4 is 16.4 Å². The highest BCUT2D eigenvalue weighted by atomic mass is 32.5. The Morgan fingerprint density at radius 2 is 1.22 bits per heavy atom. The molecular formula is C21H44N3O10PS. The third-order valence-electron chi connectivity index (χ3n) is 4.39. The number of primary amides is 1. The van der Waals surface area contributed by atoms with E-state index in [0.717, 1.165) is 25.7 Å². The van der Waals surface area contributed by atoms with Gasteiger partial charge in [-0.05, 0) is 24.6 Å². The summed E-state index contributed by atoms with van der Waals surface area (Å²) in [5.74, 6) is -0.0393. The largest absolute Gasteiger partial charge is 0.379 e. The van der Waals surface area contributed by atoms with Crippen LogP contribution in [-0.4, -0.2) is 110 Å². The maximum Gasteiger partial charge on any atom is 0.324 e. The Bertz CT molecular complexity index is 592. The summed E-state index contributed by atoms with van der Waals surface area (Å²) < 4.78 is 36.5. The normalized spacial score (nSPS) is 12.8. The molecule has 0 aromatic heterocycles. The van der Waals surface area contributed by atoms with E-state index < -0.39 is 12.7 Å². The molecule has 0 aliphatic carbocycles. The first-order chi connectivity index (χ1) is 17.4. The number of urea groups is 1. The van der Waals surface area contributed by atoms with Gasteiger partial charge < -0.3 is 54.0 Å². The number of nitrogens with one attached hydrogen (secondary N) is 2. The van der Waals surface area contributed by atoms with Gasteiger partial charge in [-0.3, -0.25) is 4.79 Å². The van der Waals surface area contributed by atoms with Crippen LogP contribution in [0.3, 0.4) is 0 Å². The highest BCUT2D eigenvalue weighted by molar-refractivity contribution is 8.07. The summed E-state index contributed by atoms with van der Waals surface area (Å²) in [4.78, 5) is 31.7. The van der Waals surface area contributed by atoms with Gasteiger partial charge in [0.25, 0.3) is 0 Å². The van der Waals surface area contributed by atoms with Gasteiger partial charge in [-0.2, -0.15) is 0 Å². The topological polar surface area (TPSA) is 169 Å². The van der Waals surface area contributed by atoms with Gasteiger partial charge in [0, 0.05) is 26.6 Å². The summed E-state index contributed by atoms with van der Waals surface area (Å²) in [5.41, 5.74) is 4.93. The molecule has 0 bridgehead atoms. The SMILES string of the molecule is COP(O)(=S)OCCCCCCNC(=O)CCOCCOCCOCCOCCOCCNC(N)=O. The second-order valence-electron chi connectivity index (χ2n) is 7.35. The van der Waals surface area contributed by atoms with Gasteiger partial charge in [-0.1, -0.05) is 12.8 Å². The molecule has 3 amide bonds. The van der Waals surface area contributed by atoms with Gasteiger partial charge in [0.15, 0.2) is 0 Å². The molecule has 214 valence electrons. The highest BCUT2D eigenvalue weighted by Gasteiger charge is 2.10. The number of unbranched alkanes of at least 4 members (excludes halogenated alkanes) is 3. The van der Waals surface area contributed by atoms with Crippen LogP contribution in [0, 0.1) is 0 Å². The minimum absolute atomic E-state index is 0.0393. The quantitative estimate of drug-likeness (QED) is 0.0822. The van der Waals surface area contributed by atoms with Crippen molar-refractivity contribution in [2.45, 2.75) is 32.1 Å². The van der Waals surface area contributed by atoms with Crippen molar-refractivity contribution in [2.24, 2.45) is 5.73 Å². The second-order valence-corrected chi connectivity index (χ2v) is 10.3. The third kappa shape index (κ3) is 27.7. The molecule has 0 aromatic carbocycles. The zero-order valence-corrected chi connectivity index (χ0v) is 23.0. The lowest BCUT2D eigenvalue weighted by atomic mass is 10.2. The van der Waals surface area contributed by atoms with E-state index >= 15 is 0 Å². The standard InChI is InChI=1S/C21H44N3O10PS/c1-28-35(27,36)34-9-5-3-2-4-7-23-20(25)6-10-29-12-14-31-16-18-33-19-17-32-15-13-30-11-8-24-21(22)26/h2-19H2,1H3,(H,23,25)(H,27,36)(H3,22,24,26). The lowest BCUT2D eigenvalue weighted by Crippen LogP contribution is -2.32. The first-order valence-corrected chi connectivity index (χ1v) is 14.7. The molecule has 1 unspecified atom stereocenters. The minimum Gasteiger partial charge on any atom is -0.379 e. The van der Waals surface area contributed by atoms with Crippen molar-refractivity contribution in [3.8, 4) is 0 Å². The van der Waals surface area contributed by atoms with Crippen molar-refractivity contribution in [3.05, 3.63) is 0 Å². The van der Waals surface area contributed by atoms with E-state index in [0.29, 0.717) is 92.2 Å². The smallest absolute Gasteiger partial charge is 0.324 e. The van der Waals surface area contributed by atoms with E-state index in [1.807, 2.05) is 0 Å². The van der Waals surface area contributed by atoms with Crippen molar-refractivity contribution < 1.29 is 47.2 Å². The van der Waals surface area contributed by atoms with Crippen LogP contribution in [0.1, 0.15) is 32.1 Å². The fraction of sp³-hybridized carbons (Fsp3) is 0.905. The average Bonchev–Trinajstić information content (AvgIpc) is 2.84. The number of ether oxygens (including phenoxy) is 5. The summed E-state index contributed by atoms with van der Waals surface area (Å²) in [6.45, 7) is 2.60. The monoisotopic (exact) mass is 561 g/mol. The van der Waals surface area contributed by atoms with Crippen molar-refractivity contribution in [3.63, 3.8) is 0 Å². The van der Waals surface area contributed by atoms with Gasteiger partial charge in [0.2, 0.25) is 5.91 Å².